The minimum atomic E-state index is -4.16. The Kier molecular flexibility index (Phi) is 5.82. The second kappa shape index (κ2) is 8.40. The van der Waals surface area contributed by atoms with Crippen molar-refractivity contribution >= 4 is 33.3 Å². The number of ether oxygens (including phenoxy) is 1. The maximum absolute atomic E-state index is 13.3. The SMILES string of the molecule is N#Cc1cc(Cl)c(OC2CCCC2)c(NS(=O)(=O)c2cc(C(=O)O)ccc2C2CC2)c1. The van der Waals surface area contributed by atoms with E-state index in [1.165, 1.54) is 24.3 Å². The van der Waals surface area contributed by atoms with Crippen molar-refractivity contribution in [3.05, 3.63) is 52.0 Å². The molecule has 2 aromatic rings. The summed E-state index contributed by atoms with van der Waals surface area (Å²) in [7, 11) is -4.16. The van der Waals surface area contributed by atoms with Gasteiger partial charge in [-0.2, -0.15) is 5.26 Å². The Hall–Kier alpha value is -2.76. The second-order valence-corrected chi connectivity index (χ2v) is 9.97. The molecule has 0 unspecified atom stereocenters. The molecule has 0 aromatic heterocycles. The minimum Gasteiger partial charge on any atom is -0.487 e. The van der Waals surface area contributed by atoms with E-state index in [2.05, 4.69) is 4.72 Å². The number of anilines is 1. The van der Waals surface area contributed by atoms with Crippen LogP contribution in [-0.4, -0.2) is 25.6 Å². The molecule has 4 rings (SSSR count). The number of nitriles is 1. The lowest BCUT2D eigenvalue weighted by atomic mass is 10.1. The van der Waals surface area contributed by atoms with Gasteiger partial charge in [-0.25, -0.2) is 13.2 Å². The van der Waals surface area contributed by atoms with Crippen LogP contribution >= 0.6 is 11.6 Å². The van der Waals surface area contributed by atoms with E-state index in [9.17, 15) is 23.6 Å². The van der Waals surface area contributed by atoms with Crippen molar-refractivity contribution in [1.29, 1.82) is 5.26 Å². The van der Waals surface area contributed by atoms with E-state index < -0.39 is 16.0 Å². The van der Waals surface area contributed by atoms with E-state index >= 15 is 0 Å². The van der Waals surface area contributed by atoms with Crippen molar-refractivity contribution in [1.82, 2.24) is 0 Å². The summed E-state index contributed by atoms with van der Waals surface area (Å²) in [5.41, 5.74) is 0.718. The summed E-state index contributed by atoms with van der Waals surface area (Å²) in [6.07, 6.45) is 5.34. The summed E-state index contributed by atoms with van der Waals surface area (Å²) in [5.74, 6) is -0.949. The van der Waals surface area contributed by atoms with Gasteiger partial charge in [0.25, 0.3) is 10.0 Å². The number of hydrogen-bond donors (Lipinski definition) is 2. The van der Waals surface area contributed by atoms with Crippen LogP contribution in [0.1, 0.15) is 65.9 Å². The lowest BCUT2D eigenvalue weighted by Crippen LogP contribution is -2.18. The average Bonchev–Trinajstić information content (AvgIpc) is 3.45. The highest BCUT2D eigenvalue weighted by Crippen LogP contribution is 2.44. The highest BCUT2D eigenvalue weighted by atomic mass is 35.5. The minimum absolute atomic E-state index is 0.0680. The molecule has 2 saturated carbocycles. The lowest BCUT2D eigenvalue weighted by molar-refractivity contribution is 0.0696. The van der Waals surface area contributed by atoms with Gasteiger partial charge in [0.15, 0.2) is 5.75 Å². The number of benzene rings is 2. The molecular formula is C22H21ClN2O5S. The van der Waals surface area contributed by atoms with E-state index in [-0.39, 0.29) is 44.5 Å². The largest absolute Gasteiger partial charge is 0.487 e. The Morgan fingerprint density at radius 1 is 1.16 bits per heavy atom. The van der Waals surface area contributed by atoms with Crippen molar-refractivity contribution in [3.63, 3.8) is 0 Å². The second-order valence-electron chi connectivity index (χ2n) is 7.91. The topological polar surface area (TPSA) is 116 Å². The molecule has 0 amide bonds. The number of carboxylic acid groups (broad SMARTS) is 1. The van der Waals surface area contributed by atoms with Gasteiger partial charge in [-0.05, 0) is 74.3 Å². The molecule has 0 heterocycles. The number of sulfonamides is 1. The summed E-state index contributed by atoms with van der Waals surface area (Å²) in [4.78, 5) is 11.3. The number of nitrogens with one attached hydrogen (secondary N) is 1. The molecule has 2 fully saturated rings. The molecule has 2 N–H and O–H groups in total. The zero-order chi connectivity index (χ0) is 22.2. The van der Waals surface area contributed by atoms with Gasteiger partial charge in [-0.15, -0.1) is 0 Å². The molecule has 0 aliphatic heterocycles. The van der Waals surface area contributed by atoms with Crippen molar-refractivity contribution in [2.75, 3.05) is 4.72 Å². The molecule has 0 bridgehead atoms. The number of carbonyl (C=O) groups is 1. The van der Waals surface area contributed by atoms with E-state index in [1.54, 1.807) is 6.07 Å². The molecule has 2 aromatic carbocycles. The van der Waals surface area contributed by atoms with Crippen molar-refractivity contribution < 1.29 is 23.1 Å². The number of aromatic carboxylic acids is 1. The van der Waals surface area contributed by atoms with Crippen LogP contribution in [0.2, 0.25) is 5.02 Å². The van der Waals surface area contributed by atoms with E-state index in [0.717, 1.165) is 38.5 Å². The normalized spacial score (nSPS) is 16.6. The number of carboxylic acids is 1. The number of nitrogens with zero attached hydrogens (tertiary/aromatic N) is 1. The van der Waals surface area contributed by atoms with Crippen molar-refractivity contribution in [3.8, 4) is 11.8 Å². The van der Waals surface area contributed by atoms with Crippen LogP contribution in [0.3, 0.4) is 0 Å². The fourth-order valence-electron chi connectivity index (χ4n) is 3.86. The van der Waals surface area contributed by atoms with Crippen LogP contribution in [-0.2, 0) is 10.0 Å². The molecule has 2 aliphatic rings. The first kappa shape index (κ1) is 21.5. The summed E-state index contributed by atoms with van der Waals surface area (Å²) in [6.45, 7) is 0. The Morgan fingerprint density at radius 2 is 1.87 bits per heavy atom. The Labute approximate surface area is 185 Å². The van der Waals surface area contributed by atoms with Crippen LogP contribution < -0.4 is 9.46 Å². The Morgan fingerprint density at radius 3 is 2.48 bits per heavy atom. The molecule has 0 atom stereocenters. The summed E-state index contributed by atoms with van der Waals surface area (Å²) >= 11 is 6.34. The third kappa shape index (κ3) is 4.63. The Bertz CT molecular complexity index is 1180. The van der Waals surface area contributed by atoms with Crippen LogP contribution in [0.5, 0.6) is 5.75 Å². The number of hydrogen-bond acceptors (Lipinski definition) is 5. The molecule has 0 radical (unpaired) electrons. The molecule has 7 nitrogen and oxygen atoms in total. The molecule has 2 aliphatic carbocycles. The zero-order valence-corrected chi connectivity index (χ0v) is 18.2. The maximum atomic E-state index is 13.3. The monoisotopic (exact) mass is 460 g/mol. The lowest BCUT2D eigenvalue weighted by Gasteiger charge is -2.20. The quantitative estimate of drug-likeness (QED) is 0.606. The van der Waals surface area contributed by atoms with Gasteiger partial charge < -0.3 is 9.84 Å². The zero-order valence-electron chi connectivity index (χ0n) is 16.6. The highest BCUT2D eigenvalue weighted by Gasteiger charge is 2.32. The van der Waals surface area contributed by atoms with Crippen molar-refractivity contribution in [2.24, 2.45) is 0 Å². The third-order valence-corrected chi connectivity index (χ3v) is 7.27. The average molecular weight is 461 g/mol. The Balaban J connectivity index is 1.76. The van der Waals surface area contributed by atoms with E-state index in [1.807, 2.05) is 6.07 Å². The third-order valence-electron chi connectivity index (χ3n) is 5.57. The van der Waals surface area contributed by atoms with Gasteiger partial charge in [0.05, 0.1) is 38.9 Å². The molecule has 31 heavy (non-hydrogen) atoms. The van der Waals surface area contributed by atoms with Gasteiger partial charge in [0.2, 0.25) is 0 Å². The standard InChI is InChI=1S/C22H21ClN2O5S/c23-18-9-13(12-24)10-19(21(18)30-16-3-1-2-4-16)25-31(28,29)20-11-15(22(26)27)7-8-17(20)14-5-6-14/h7-11,14,16,25H,1-6H2,(H,26,27). The van der Waals surface area contributed by atoms with E-state index in [4.69, 9.17) is 16.3 Å². The van der Waals surface area contributed by atoms with Gasteiger partial charge >= 0.3 is 5.97 Å². The smallest absolute Gasteiger partial charge is 0.335 e. The van der Waals surface area contributed by atoms with Crippen LogP contribution in [0.15, 0.2) is 35.2 Å². The first-order valence-electron chi connectivity index (χ1n) is 10.1. The van der Waals surface area contributed by atoms with Crippen LogP contribution in [0.4, 0.5) is 5.69 Å². The first-order chi connectivity index (χ1) is 14.8. The number of halogens is 1. The van der Waals surface area contributed by atoms with Crippen LogP contribution in [0.25, 0.3) is 0 Å². The summed E-state index contributed by atoms with van der Waals surface area (Å²) in [5, 5.41) is 18.8. The van der Waals surface area contributed by atoms with Gasteiger partial charge in [0, 0.05) is 0 Å². The van der Waals surface area contributed by atoms with Gasteiger partial charge in [0.1, 0.15) is 0 Å². The van der Waals surface area contributed by atoms with E-state index in [0.29, 0.717) is 5.56 Å². The summed E-state index contributed by atoms with van der Waals surface area (Å²) in [6, 6.07) is 8.93. The maximum Gasteiger partial charge on any atom is 0.335 e. The fourth-order valence-corrected chi connectivity index (χ4v) is 5.50. The van der Waals surface area contributed by atoms with Crippen LogP contribution in [0, 0.1) is 11.3 Å². The predicted octanol–water partition coefficient (Wildman–Crippen LogP) is 4.91. The van der Waals surface area contributed by atoms with Gasteiger partial charge in [-0.3, -0.25) is 4.72 Å². The first-order valence-corrected chi connectivity index (χ1v) is 11.9. The summed E-state index contributed by atoms with van der Waals surface area (Å²) < 4.78 is 35.2. The number of rotatable bonds is 7. The predicted molar refractivity (Wildman–Crippen MR) is 115 cm³/mol. The molecule has 162 valence electrons. The highest BCUT2D eigenvalue weighted by molar-refractivity contribution is 7.92. The van der Waals surface area contributed by atoms with Gasteiger partial charge in [-0.1, -0.05) is 17.7 Å². The van der Waals surface area contributed by atoms with Crippen molar-refractivity contribution in [2.45, 2.75) is 55.4 Å². The molecular weight excluding hydrogens is 440 g/mol. The molecule has 9 heteroatoms. The molecule has 0 spiro atoms. The fraction of sp³-hybridized carbons (Fsp3) is 0.364. The molecule has 0 saturated heterocycles.